The van der Waals surface area contributed by atoms with Crippen molar-refractivity contribution in [1.82, 2.24) is 0 Å². The Kier molecular flexibility index (Phi) is 3.06. The second-order valence-corrected chi connectivity index (χ2v) is 3.33. The molecule has 0 fully saturated rings. The van der Waals surface area contributed by atoms with Crippen molar-refractivity contribution >= 4 is 34.8 Å². The summed E-state index contributed by atoms with van der Waals surface area (Å²) in [4.78, 5) is 0. The number of hydrogen-bond donors (Lipinski definition) is 0. The molecular weight excluding hydrogens is 202 g/mol. The quantitative estimate of drug-likeness (QED) is 0.612. The van der Waals surface area contributed by atoms with Crippen molar-refractivity contribution < 1.29 is 0 Å². The molecule has 59 valence electrons. The lowest BCUT2D eigenvalue weighted by Crippen LogP contribution is -1.83. The highest BCUT2D eigenvalue weighted by Crippen LogP contribution is 2.29. The largest absolute Gasteiger partial charge is 0.0843 e. The minimum absolute atomic E-state index is 0.484. The van der Waals surface area contributed by atoms with Gasteiger partial charge in [-0.1, -0.05) is 34.8 Å². The normalized spacial score (nSPS) is 10.2. The summed E-state index contributed by atoms with van der Waals surface area (Å²) in [5, 5.41) is 1.63. The molecule has 0 amide bonds. The first-order valence-electron chi connectivity index (χ1n) is 3.08. The first kappa shape index (κ1) is 9.18. The predicted molar refractivity (Wildman–Crippen MR) is 50.5 cm³/mol. The third-order valence-electron chi connectivity index (χ3n) is 1.34. The van der Waals surface area contributed by atoms with Crippen molar-refractivity contribution in [2.45, 2.75) is 6.42 Å². The van der Waals surface area contributed by atoms with Gasteiger partial charge < -0.3 is 0 Å². The van der Waals surface area contributed by atoms with Crippen LogP contribution in [-0.4, -0.2) is 0 Å². The van der Waals surface area contributed by atoms with Gasteiger partial charge in [0.1, 0.15) is 0 Å². The average molecular weight is 208 g/mol. The molecule has 0 spiro atoms. The maximum absolute atomic E-state index is 5.83. The first-order chi connectivity index (χ1) is 5.15. The van der Waals surface area contributed by atoms with Gasteiger partial charge in [0.2, 0.25) is 0 Å². The molecule has 0 aliphatic heterocycles. The van der Waals surface area contributed by atoms with E-state index in [0.717, 1.165) is 5.56 Å². The van der Waals surface area contributed by atoms with E-state index in [-0.39, 0.29) is 0 Å². The van der Waals surface area contributed by atoms with Crippen LogP contribution in [0.1, 0.15) is 5.56 Å². The van der Waals surface area contributed by atoms with E-state index >= 15 is 0 Å². The lowest BCUT2D eigenvalue weighted by molar-refractivity contribution is 1.27. The Morgan fingerprint density at radius 3 is 2.36 bits per heavy atom. The van der Waals surface area contributed by atoms with Gasteiger partial charge in [-0.3, -0.25) is 0 Å². The van der Waals surface area contributed by atoms with Crippen molar-refractivity contribution in [2.75, 3.05) is 0 Å². The topological polar surface area (TPSA) is 0 Å². The van der Waals surface area contributed by atoms with Gasteiger partial charge in [-0.2, -0.15) is 0 Å². The Morgan fingerprint density at radius 2 is 1.82 bits per heavy atom. The van der Waals surface area contributed by atoms with E-state index in [2.05, 4.69) is 6.92 Å². The van der Waals surface area contributed by atoms with E-state index in [0.29, 0.717) is 21.5 Å². The van der Waals surface area contributed by atoms with Gasteiger partial charge >= 0.3 is 0 Å². The van der Waals surface area contributed by atoms with Crippen LogP contribution >= 0.6 is 34.8 Å². The summed E-state index contributed by atoms with van der Waals surface area (Å²) in [5.41, 5.74) is 0.879. The van der Waals surface area contributed by atoms with Gasteiger partial charge in [0, 0.05) is 5.02 Å². The summed E-state index contributed by atoms with van der Waals surface area (Å²) in [7, 11) is 0. The maximum atomic E-state index is 5.83. The lowest BCUT2D eigenvalue weighted by atomic mass is 10.2. The van der Waals surface area contributed by atoms with Gasteiger partial charge in [0.25, 0.3) is 0 Å². The van der Waals surface area contributed by atoms with E-state index < -0.39 is 0 Å². The van der Waals surface area contributed by atoms with Gasteiger partial charge in [-0.25, -0.2) is 0 Å². The third-order valence-corrected chi connectivity index (χ3v) is 2.40. The fraction of sp³-hybridized carbons (Fsp3) is 0.125. The molecule has 0 N–H and O–H groups in total. The molecule has 3 heteroatoms. The summed E-state index contributed by atoms with van der Waals surface area (Å²) < 4.78 is 0. The first-order valence-corrected chi connectivity index (χ1v) is 4.21. The Morgan fingerprint density at radius 1 is 1.18 bits per heavy atom. The zero-order valence-corrected chi connectivity index (χ0v) is 7.97. The molecule has 0 saturated heterocycles. The predicted octanol–water partition coefficient (Wildman–Crippen LogP) is 4.02. The molecule has 1 aromatic rings. The molecule has 0 aromatic heterocycles. The summed E-state index contributed by atoms with van der Waals surface area (Å²) in [5.74, 6) is 0. The van der Waals surface area contributed by atoms with Crippen molar-refractivity contribution in [3.05, 3.63) is 39.7 Å². The molecule has 1 rings (SSSR count). The summed E-state index contributed by atoms with van der Waals surface area (Å²) >= 11 is 17.3. The van der Waals surface area contributed by atoms with E-state index in [4.69, 9.17) is 34.8 Å². The molecule has 1 aromatic carbocycles. The average Bonchev–Trinajstić information content (AvgIpc) is 1.96. The Bertz CT molecular complexity index is 268. The van der Waals surface area contributed by atoms with Crippen LogP contribution in [0.25, 0.3) is 0 Å². The molecule has 0 heterocycles. The molecule has 0 bridgehead atoms. The Labute approximate surface area is 81.1 Å². The second kappa shape index (κ2) is 3.66. The van der Waals surface area contributed by atoms with E-state index in [1.807, 2.05) is 0 Å². The zero-order chi connectivity index (χ0) is 8.43. The van der Waals surface area contributed by atoms with Crippen molar-refractivity contribution in [3.63, 3.8) is 0 Å². The minimum Gasteiger partial charge on any atom is -0.0843 e. The maximum Gasteiger partial charge on any atom is 0.0625 e. The molecule has 1 radical (unpaired) electrons. The highest BCUT2D eigenvalue weighted by Gasteiger charge is 2.04. The van der Waals surface area contributed by atoms with Crippen LogP contribution in [-0.2, 0) is 6.42 Å². The number of benzene rings is 1. The number of rotatable bonds is 1. The molecule has 11 heavy (non-hydrogen) atoms. The Hall–Kier alpha value is 0.0900. The van der Waals surface area contributed by atoms with Crippen LogP contribution < -0.4 is 0 Å². The molecule has 0 aliphatic rings. The second-order valence-electron chi connectivity index (χ2n) is 2.11. The molecule has 0 aliphatic carbocycles. The lowest BCUT2D eigenvalue weighted by Gasteiger charge is -2.02. The smallest absolute Gasteiger partial charge is 0.0625 e. The summed E-state index contributed by atoms with van der Waals surface area (Å²) in [6, 6.07) is 3.38. The van der Waals surface area contributed by atoms with Crippen molar-refractivity contribution in [1.29, 1.82) is 0 Å². The van der Waals surface area contributed by atoms with Crippen molar-refractivity contribution in [3.8, 4) is 0 Å². The molecule has 0 saturated carbocycles. The molecule has 0 atom stereocenters. The SMILES string of the molecule is [CH2]Cc1cc(Cl)cc(Cl)c1Cl. The zero-order valence-electron chi connectivity index (χ0n) is 5.70. The van der Waals surface area contributed by atoms with Gasteiger partial charge in [-0.05, 0) is 31.0 Å². The Balaban J connectivity index is 3.24. The van der Waals surface area contributed by atoms with E-state index in [9.17, 15) is 0 Å². The van der Waals surface area contributed by atoms with Gasteiger partial charge in [-0.15, -0.1) is 0 Å². The van der Waals surface area contributed by atoms with Crippen LogP contribution in [0.15, 0.2) is 12.1 Å². The van der Waals surface area contributed by atoms with Crippen LogP contribution in [0, 0.1) is 6.92 Å². The third kappa shape index (κ3) is 2.02. The van der Waals surface area contributed by atoms with Crippen LogP contribution in [0.5, 0.6) is 0 Å². The molecular formula is C8H6Cl3. The van der Waals surface area contributed by atoms with Crippen molar-refractivity contribution in [2.24, 2.45) is 0 Å². The van der Waals surface area contributed by atoms with Gasteiger partial charge in [0.15, 0.2) is 0 Å². The fourth-order valence-corrected chi connectivity index (χ4v) is 1.53. The summed E-state index contributed by atoms with van der Waals surface area (Å²) in [6.07, 6.45) is 0.596. The highest BCUT2D eigenvalue weighted by atomic mass is 35.5. The van der Waals surface area contributed by atoms with Crippen LogP contribution in [0.4, 0.5) is 0 Å². The minimum atomic E-state index is 0.484. The van der Waals surface area contributed by atoms with E-state index in [1.54, 1.807) is 12.1 Å². The summed E-state index contributed by atoms with van der Waals surface area (Å²) in [6.45, 7) is 3.70. The van der Waals surface area contributed by atoms with Crippen LogP contribution in [0.2, 0.25) is 15.1 Å². The van der Waals surface area contributed by atoms with Gasteiger partial charge in [0.05, 0.1) is 10.0 Å². The highest BCUT2D eigenvalue weighted by molar-refractivity contribution is 6.43. The van der Waals surface area contributed by atoms with E-state index in [1.165, 1.54) is 0 Å². The van der Waals surface area contributed by atoms with Crippen LogP contribution in [0.3, 0.4) is 0 Å². The fourth-order valence-electron chi connectivity index (χ4n) is 0.791. The standard InChI is InChI=1S/C8H6Cl3/c1-2-5-3-6(9)4-7(10)8(5)11/h3-4H,1-2H2. The number of hydrogen-bond acceptors (Lipinski definition) is 0. The monoisotopic (exact) mass is 207 g/mol. The molecule has 0 nitrogen and oxygen atoms in total. The number of halogens is 3. The molecule has 0 unspecified atom stereocenters.